The highest BCUT2D eigenvalue weighted by Crippen LogP contribution is 2.49. The summed E-state index contributed by atoms with van der Waals surface area (Å²) in [6.45, 7) is 0.607. The van der Waals surface area contributed by atoms with Crippen LogP contribution in [-0.4, -0.2) is 37.8 Å². The second kappa shape index (κ2) is 11.3. The van der Waals surface area contributed by atoms with E-state index in [2.05, 4.69) is 9.97 Å². The van der Waals surface area contributed by atoms with E-state index in [1.807, 2.05) is 6.07 Å². The molecule has 0 atom stereocenters. The molecule has 1 aliphatic carbocycles. The normalized spacial score (nSPS) is 18.4. The molecule has 232 valence electrons. The van der Waals surface area contributed by atoms with Crippen molar-refractivity contribution >= 4 is 17.0 Å². The zero-order valence-electron chi connectivity index (χ0n) is 24.1. The lowest BCUT2D eigenvalue weighted by Gasteiger charge is -2.36. The molecule has 2 aromatic heterocycles. The predicted octanol–water partition coefficient (Wildman–Crippen LogP) is 6.57. The molecule has 2 bridgehead atoms. The summed E-state index contributed by atoms with van der Waals surface area (Å²) in [5.41, 5.74) is 0.608. The van der Waals surface area contributed by atoms with E-state index in [0.29, 0.717) is 36.0 Å². The first-order valence-corrected chi connectivity index (χ1v) is 14.4. The number of carboxylic acid groups (broad SMARTS) is 1. The highest BCUT2D eigenvalue weighted by molar-refractivity contribution is 5.92. The second-order valence-electron chi connectivity index (χ2n) is 11.7. The van der Waals surface area contributed by atoms with Crippen LogP contribution in [0.15, 0.2) is 60.7 Å². The first-order valence-electron chi connectivity index (χ1n) is 14.4. The van der Waals surface area contributed by atoms with Gasteiger partial charge in [0.1, 0.15) is 29.6 Å². The molecule has 2 saturated heterocycles. The number of nitriles is 1. The minimum atomic E-state index is -1.28. The Morgan fingerprint density at radius 2 is 1.76 bits per heavy atom. The fourth-order valence-corrected chi connectivity index (χ4v) is 6.24. The summed E-state index contributed by atoms with van der Waals surface area (Å²) in [5.74, 6) is -3.76. The van der Waals surface area contributed by atoms with E-state index in [1.54, 1.807) is 10.6 Å². The van der Waals surface area contributed by atoms with Crippen LogP contribution >= 0.6 is 0 Å². The molecule has 4 heterocycles. The number of pyridine rings is 1. The average Bonchev–Trinajstić information content (AvgIpc) is 3.72. The Kier molecular flexibility index (Phi) is 7.21. The molecule has 3 aliphatic rings. The van der Waals surface area contributed by atoms with Gasteiger partial charge < -0.3 is 19.1 Å². The van der Waals surface area contributed by atoms with Gasteiger partial charge in [-0.2, -0.15) is 5.26 Å². The molecule has 1 N–H and O–H groups in total. The van der Waals surface area contributed by atoms with Gasteiger partial charge in [-0.15, -0.1) is 0 Å². The number of ether oxygens (including phenoxy) is 2. The minimum absolute atomic E-state index is 0.00812. The number of aromatic nitrogens is 3. The number of rotatable bonds is 9. The zero-order chi connectivity index (χ0) is 32.2. The number of nitrogens with zero attached hydrogens (tertiary/aromatic N) is 4. The van der Waals surface area contributed by atoms with E-state index in [0.717, 1.165) is 31.0 Å². The molecule has 12 heteroatoms. The standard InChI is InChI=1S/C34H24F4N4O4/c35-24-5-6-28(40-32(24)45-16-22-2-1-18(14-39)7-25(22)36)21-4-3-20(26(37)8-21)11-30-41-31-27(38)9-23(33(43)44)10-29(31)42(30)17-34-12-19(13-34)15-46-34/h1-10,19H,11-13,15-17H2,(H,43,44). The number of carboxylic acids is 1. The fourth-order valence-electron chi connectivity index (χ4n) is 6.24. The Hall–Kier alpha value is -5.28. The lowest BCUT2D eigenvalue weighted by Crippen LogP contribution is -2.41. The Balaban J connectivity index is 1.16. The molecule has 3 aromatic carbocycles. The van der Waals surface area contributed by atoms with Gasteiger partial charge in [-0.05, 0) is 66.8 Å². The molecule has 0 unspecified atom stereocenters. The number of aromatic carboxylic acids is 1. The summed E-state index contributed by atoms with van der Waals surface area (Å²) in [6, 6.07) is 14.7. The van der Waals surface area contributed by atoms with Crippen LogP contribution < -0.4 is 4.74 Å². The highest BCUT2D eigenvalue weighted by atomic mass is 19.1. The molecular weight excluding hydrogens is 604 g/mol. The maximum absolute atomic E-state index is 15.6. The van der Waals surface area contributed by atoms with E-state index in [4.69, 9.17) is 14.7 Å². The van der Waals surface area contributed by atoms with Gasteiger partial charge >= 0.3 is 5.97 Å². The summed E-state index contributed by atoms with van der Waals surface area (Å²) in [6.07, 6.45) is 1.63. The van der Waals surface area contributed by atoms with Gasteiger partial charge in [-0.25, -0.2) is 32.3 Å². The van der Waals surface area contributed by atoms with Crippen molar-refractivity contribution in [3.8, 4) is 23.2 Å². The van der Waals surface area contributed by atoms with Crippen molar-refractivity contribution in [1.82, 2.24) is 14.5 Å². The number of hydrogen-bond acceptors (Lipinski definition) is 6. The van der Waals surface area contributed by atoms with Gasteiger partial charge in [0.05, 0.1) is 47.2 Å². The lowest BCUT2D eigenvalue weighted by molar-refractivity contribution is -0.0132. The number of hydrogen-bond donors (Lipinski definition) is 1. The Bertz CT molecular complexity index is 2080. The quantitative estimate of drug-likeness (QED) is 0.184. The van der Waals surface area contributed by atoms with E-state index in [1.165, 1.54) is 36.4 Å². The molecule has 8 rings (SSSR count). The molecule has 5 aromatic rings. The van der Waals surface area contributed by atoms with E-state index >= 15 is 8.78 Å². The molecule has 1 saturated carbocycles. The van der Waals surface area contributed by atoms with Crippen LogP contribution in [0.5, 0.6) is 5.88 Å². The Morgan fingerprint density at radius 3 is 2.46 bits per heavy atom. The van der Waals surface area contributed by atoms with Crippen LogP contribution in [0.3, 0.4) is 0 Å². The zero-order valence-corrected chi connectivity index (χ0v) is 24.1. The van der Waals surface area contributed by atoms with Crippen molar-refractivity contribution < 1.29 is 36.9 Å². The van der Waals surface area contributed by atoms with Gasteiger partial charge in [0.25, 0.3) is 5.88 Å². The highest BCUT2D eigenvalue weighted by Gasteiger charge is 2.52. The summed E-state index contributed by atoms with van der Waals surface area (Å²) in [4.78, 5) is 20.3. The van der Waals surface area contributed by atoms with Crippen LogP contribution in [0.25, 0.3) is 22.3 Å². The fraction of sp³-hybridized carbons (Fsp3) is 0.235. The molecule has 3 fully saturated rings. The Morgan fingerprint density at radius 1 is 0.978 bits per heavy atom. The van der Waals surface area contributed by atoms with Crippen LogP contribution in [0.1, 0.15) is 45.7 Å². The van der Waals surface area contributed by atoms with Crippen LogP contribution in [0.2, 0.25) is 0 Å². The van der Waals surface area contributed by atoms with Crippen LogP contribution in [0.4, 0.5) is 17.6 Å². The minimum Gasteiger partial charge on any atom is -0.478 e. The third-order valence-electron chi connectivity index (χ3n) is 8.58. The van der Waals surface area contributed by atoms with Crippen molar-refractivity contribution in [2.24, 2.45) is 5.92 Å². The first-order chi connectivity index (χ1) is 22.1. The van der Waals surface area contributed by atoms with Gasteiger partial charge in [0.15, 0.2) is 11.6 Å². The van der Waals surface area contributed by atoms with E-state index in [-0.39, 0.29) is 46.5 Å². The van der Waals surface area contributed by atoms with Gasteiger partial charge in [-0.3, -0.25) is 0 Å². The predicted molar refractivity (Wildman–Crippen MR) is 156 cm³/mol. The average molecular weight is 629 g/mol. The summed E-state index contributed by atoms with van der Waals surface area (Å²) in [7, 11) is 0. The van der Waals surface area contributed by atoms with Crippen molar-refractivity contribution in [3.05, 3.63) is 112 Å². The van der Waals surface area contributed by atoms with Crippen molar-refractivity contribution in [3.63, 3.8) is 0 Å². The molecule has 2 aliphatic heterocycles. The SMILES string of the molecule is N#Cc1ccc(COc2nc(-c3ccc(Cc4nc5c(F)cc(C(=O)O)cc5n4CC45CC(CO4)C5)c(F)c3)ccc2F)c(F)c1. The number of imidazole rings is 1. The van der Waals surface area contributed by atoms with Gasteiger partial charge in [-0.1, -0.05) is 18.2 Å². The van der Waals surface area contributed by atoms with Crippen LogP contribution in [0, 0.1) is 40.5 Å². The maximum Gasteiger partial charge on any atom is 0.335 e. The van der Waals surface area contributed by atoms with E-state index in [9.17, 15) is 18.7 Å². The number of carbonyl (C=O) groups is 1. The van der Waals surface area contributed by atoms with Gasteiger partial charge in [0.2, 0.25) is 0 Å². The largest absolute Gasteiger partial charge is 0.478 e. The van der Waals surface area contributed by atoms with Crippen LogP contribution in [-0.2, 0) is 24.3 Å². The second-order valence-corrected chi connectivity index (χ2v) is 11.7. The summed E-state index contributed by atoms with van der Waals surface area (Å²) < 4.78 is 72.5. The van der Waals surface area contributed by atoms with Crippen molar-refractivity contribution in [1.29, 1.82) is 5.26 Å². The smallest absolute Gasteiger partial charge is 0.335 e. The molecule has 8 nitrogen and oxygen atoms in total. The van der Waals surface area contributed by atoms with E-state index < -0.39 is 40.7 Å². The molecule has 0 radical (unpaired) electrons. The first kappa shape index (κ1) is 29.4. The third kappa shape index (κ3) is 5.32. The summed E-state index contributed by atoms with van der Waals surface area (Å²) in [5, 5.41) is 18.4. The maximum atomic E-state index is 15.6. The Labute approximate surface area is 259 Å². The van der Waals surface area contributed by atoms with Crippen molar-refractivity contribution in [2.45, 2.75) is 38.0 Å². The number of halogens is 4. The van der Waals surface area contributed by atoms with Crippen molar-refractivity contribution in [2.75, 3.05) is 6.61 Å². The monoisotopic (exact) mass is 628 g/mol. The molecule has 0 spiro atoms. The third-order valence-corrected chi connectivity index (χ3v) is 8.58. The molecule has 0 amide bonds. The molecular formula is C34H24F4N4O4. The number of benzene rings is 3. The lowest BCUT2D eigenvalue weighted by atomic mass is 9.74. The molecule has 46 heavy (non-hydrogen) atoms. The van der Waals surface area contributed by atoms with Gasteiger partial charge in [0, 0.05) is 17.5 Å². The number of fused-ring (bicyclic) bond motifs is 2. The summed E-state index contributed by atoms with van der Waals surface area (Å²) >= 11 is 0. The topological polar surface area (TPSA) is 110 Å².